The molecule has 0 unspecified atom stereocenters. The Kier molecular flexibility index (Phi) is 2.15. The van der Waals surface area contributed by atoms with Gasteiger partial charge in [-0.05, 0) is 12.1 Å². The Balaban J connectivity index is 2.97. The molecule has 2 rings (SSSR count). The molecule has 0 aliphatic rings. The van der Waals surface area contributed by atoms with Gasteiger partial charge in [0.2, 0.25) is 0 Å². The SMILES string of the molecule is O=Cc1nccc2c(F)c(F)c(F)cc12. The number of nitrogens with zero attached hydrogens (tertiary/aromatic N) is 1. The summed E-state index contributed by atoms with van der Waals surface area (Å²) in [6.45, 7) is 0. The summed E-state index contributed by atoms with van der Waals surface area (Å²) in [5, 5.41) is -0.199. The van der Waals surface area contributed by atoms with E-state index in [2.05, 4.69) is 4.98 Å². The molecule has 0 radical (unpaired) electrons. The third kappa shape index (κ3) is 1.36. The lowest BCUT2D eigenvalue weighted by Gasteiger charge is -2.02. The molecule has 0 N–H and O–H groups in total. The number of halogens is 3. The van der Waals surface area contributed by atoms with E-state index in [1.807, 2.05) is 0 Å². The predicted octanol–water partition coefficient (Wildman–Crippen LogP) is 2.46. The average Bonchev–Trinajstić information content (AvgIpc) is 2.25. The van der Waals surface area contributed by atoms with E-state index in [-0.39, 0.29) is 16.5 Å². The van der Waals surface area contributed by atoms with Crippen LogP contribution in [0.5, 0.6) is 0 Å². The molecule has 0 aliphatic heterocycles. The summed E-state index contributed by atoms with van der Waals surface area (Å²) in [5.41, 5.74) is -0.120. The van der Waals surface area contributed by atoms with Crippen molar-refractivity contribution in [1.29, 1.82) is 0 Å². The molecule has 0 fully saturated rings. The minimum Gasteiger partial charge on any atom is -0.296 e. The van der Waals surface area contributed by atoms with E-state index < -0.39 is 17.5 Å². The number of rotatable bonds is 1. The maximum absolute atomic E-state index is 13.2. The molecule has 0 amide bonds. The number of aldehydes is 1. The van der Waals surface area contributed by atoms with E-state index in [1.54, 1.807) is 0 Å². The average molecular weight is 211 g/mol. The number of pyridine rings is 1. The highest BCUT2D eigenvalue weighted by Gasteiger charge is 2.15. The predicted molar refractivity (Wildman–Crippen MR) is 47.0 cm³/mol. The molecule has 0 atom stereocenters. The van der Waals surface area contributed by atoms with Gasteiger partial charge in [-0.25, -0.2) is 13.2 Å². The van der Waals surface area contributed by atoms with Crippen molar-refractivity contribution in [2.24, 2.45) is 0 Å². The lowest BCUT2D eigenvalue weighted by molar-refractivity contribution is 0.112. The van der Waals surface area contributed by atoms with Crippen molar-refractivity contribution in [1.82, 2.24) is 4.98 Å². The van der Waals surface area contributed by atoms with Gasteiger partial charge < -0.3 is 0 Å². The molecule has 2 nitrogen and oxygen atoms in total. The third-order valence-corrected chi connectivity index (χ3v) is 2.04. The summed E-state index contributed by atoms with van der Waals surface area (Å²) in [4.78, 5) is 14.1. The summed E-state index contributed by atoms with van der Waals surface area (Å²) in [6.07, 6.45) is 1.52. The van der Waals surface area contributed by atoms with E-state index in [1.165, 1.54) is 6.07 Å². The van der Waals surface area contributed by atoms with Crippen LogP contribution in [-0.2, 0) is 0 Å². The number of aromatic nitrogens is 1. The first-order chi connectivity index (χ1) is 7.15. The van der Waals surface area contributed by atoms with Crippen LogP contribution in [0, 0.1) is 17.5 Å². The van der Waals surface area contributed by atoms with Crippen molar-refractivity contribution in [2.45, 2.75) is 0 Å². The Morgan fingerprint density at radius 1 is 1.13 bits per heavy atom. The molecular formula is C10H4F3NO. The zero-order chi connectivity index (χ0) is 11.0. The molecule has 0 saturated heterocycles. The van der Waals surface area contributed by atoms with Crippen LogP contribution in [0.2, 0.25) is 0 Å². The van der Waals surface area contributed by atoms with Gasteiger partial charge in [0, 0.05) is 17.0 Å². The van der Waals surface area contributed by atoms with E-state index in [0.29, 0.717) is 6.29 Å². The fourth-order valence-corrected chi connectivity index (χ4v) is 1.34. The second-order valence-electron chi connectivity index (χ2n) is 2.90. The van der Waals surface area contributed by atoms with Gasteiger partial charge in [-0.1, -0.05) is 0 Å². The van der Waals surface area contributed by atoms with Gasteiger partial charge in [0.05, 0.1) is 0 Å². The van der Waals surface area contributed by atoms with Gasteiger partial charge in [0.1, 0.15) is 5.69 Å². The maximum Gasteiger partial charge on any atom is 0.195 e. The van der Waals surface area contributed by atoms with Gasteiger partial charge in [0.15, 0.2) is 23.7 Å². The molecule has 5 heteroatoms. The van der Waals surface area contributed by atoms with Crippen molar-refractivity contribution in [3.63, 3.8) is 0 Å². The highest BCUT2D eigenvalue weighted by molar-refractivity contribution is 5.96. The molecule has 2 aromatic rings. The van der Waals surface area contributed by atoms with E-state index in [4.69, 9.17) is 0 Å². The van der Waals surface area contributed by atoms with Crippen molar-refractivity contribution >= 4 is 17.1 Å². The van der Waals surface area contributed by atoms with Crippen molar-refractivity contribution in [3.8, 4) is 0 Å². The molecular weight excluding hydrogens is 207 g/mol. The van der Waals surface area contributed by atoms with Crippen LogP contribution < -0.4 is 0 Å². The lowest BCUT2D eigenvalue weighted by atomic mass is 10.1. The normalized spacial score (nSPS) is 10.6. The van der Waals surface area contributed by atoms with Crippen LogP contribution in [0.3, 0.4) is 0 Å². The molecule has 1 aromatic heterocycles. The zero-order valence-electron chi connectivity index (χ0n) is 7.30. The van der Waals surface area contributed by atoms with Crippen LogP contribution in [0.4, 0.5) is 13.2 Å². The highest BCUT2D eigenvalue weighted by atomic mass is 19.2. The minimum absolute atomic E-state index is 0.0381. The second kappa shape index (κ2) is 3.34. The standard InChI is InChI=1S/C10H4F3NO/c11-7-3-6-5(9(12)10(7)13)1-2-14-8(6)4-15/h1-4H. The molecule has 0 spiro atoms. The van der Waals surface area contributed by atoms with Gasteiger partial charge in [0.25, 0.3) is 0 Å². The minimum atomic E-state index is -1.55. The number of hydrogen-bond donors (Lipinski definition) is 0. The quantitative estimate of drug-likeness (QED) is 0.535. The number of hydrogen-bond acceptors (Lipinski definition) is 2. The van der Waals surface area contributed by atoms with Crippen molar-refractivity contribution in [3.05, 3.63) is 41.5 Å². The number of fused-ring (bicyclic) bond motifs is 1. The summed E-state index contributed by atoms with van der Waals surface area (Å²) < 4.78 is 38.9. The third-order valence-electron chi connectivity index (χ3n) is 2.04. The lowest BCUT2D eigenvalue weighted by Crippen LogP contribution is -1.96. The summed E-state index contributed by atoms with van der Waals surface area (Å²) >= 11 is 0. The maximum atomic E-state index is 13.2. The molecule has 15 heavy (non-hydrogen) atoms. The second-order valence-corrected chi connectivity index (χ2v) is 2.90. The number of carbonyl (C=O) groups excluding carboxylic acids is 1. The summed E-state index contributed by atoms with van der Waals surface area (Å²) in [7, 11) is 0. The Morgan fingerprint density at radius 3 is 2.53 bits per heavy atom. The first kappa shape index (κ1) is 9.64. The van der Waals surface area contributed by atoms with Crippen LogP contribution in [-0.4, -0.2) is 11.3 Å². The largest absolute Gasteiger partial charge is 0.296 e. The van der Waals surface area contributed by atoms with Crippen molar-refractivity contribution < 1.29 is 18.0 Å². The Hall–Kier alpha value is -1.91. The number of carbonyl (C=O) groups is 1. The topological polar surface area (TPSA) is 30.0 Å². The molecule has 0 saturated carbocycles. The zero-order valence-corrected chi connectivity index (χ0v) is 7.30. The Bertz CT molecular complexity index is 554. The Labute approximate surface area is 82.4 Å². The van der Waals surface area contributed by atoms with Gasteiger partial charge in [-0.2, -0.15) is 0 Å². The molecule has 1 aromatic carbocycles. The first-order valence-corrected chi connectivity index (χ1v) is 4.02. The first-order valence-electron chi connectivity index (χ1n) is 4.02. The molecule has 76 valence electrons. The van der Waals surface area contributed by atoms with Crippen LogP contribution in [0.1, 0.15) is 10.5 Å². The van der Waals surface area contributed by atoms with Crippen LogP contribution >= 0.6 is 0 Å². The van der Waals surface area contributed by atoms with Gasteiger partial charge in [-0.3, -0.25) is 9.78 Å². The van der Waals surface area contributed by atoms with Gasteiger partial charge in [-0.15, -0.1) is 0 Å². The summed E-state index contributed by atoms with van der Waals surface area (Å²) in [6, 6.07) is 1.94. The molecule has 0 aliphatic carbocycles. The Morgan fingerprint density at radius 2 is 1.87 bits per heavy atom. The smallest absolute Gasteiger partial charge is 0.195 e. The fraction of sp³-hybridized carbons (Fsp3) is 0. The van der Waals surface area contributed by atoms with E-state index in [9.17, 15) is 18.0 Å². The molecule has 0 bridgehead atoms. The van der Waals surface area contributed by atoms with E-state index in [0.717, 1.165) is 12.3 Å². The fourth-order valence-electron chi connectivity index (χ4n) is 1.34. The van der Waals surface area contributed by atoms with E-state index >= 15 is 0 Å². The number of benzene rings is 1. The van der Waals surface area contributed by atoms with Crippen LogP contribution in [0.15, 0.2) is 18.3 Å². The van der Waals surface area contributed by atoms with Crippen molar-refractivity contribution in [2.75, 3.05) is 0 Å². The highest BCUT2D eigenvalue weighted by Crippen LogP contribution is 2.23. The summed E-state index contributed by atoms with van der Waals surface area (Å²) in [5.74, 6) is -4.20. The van der Waals surface area contributed by atoms with Crippen LogP contribution in [0.25, 0.3) is 10.8 Å². The van der Waals surface area contributed by atoms with Gasteiger partial charge >= 0.3 is 0 Å². The molecule has 1 heterocycles. The monoisotopic (exact) mass is 211 g/mol.